The first kappa shape index (κ1) is 18.8. The zero-order chi connectivity index (χ0) is 20.4. The summed E-state index contributed by atoms with van der Waals surface area (Å²) in [5, 5.41) is 19.8. The van der Waals surface area contributed by atoms with E-state index >= 15 is 0 Å². The van der Waals surface area contributed by atoms with Gasteiger partial charge in [-0.05, 0) is 17.1 Å². The van der Waals surface area contributed by atoms with Gasteiger partial charge in [0.2, 0.25) is 0 Å². The number of pyridine rings is 1. The van der Waals surface area contributed by atoms with E-state index in [0.717, 1.165) is 5.82 Å². The van der Waals surface area contributed by atoms with Gasteiger partial charge in [-0.2, -0.15) is 0 Å². The van der Waals surface area contributed by atoms with Gasteiger partial charge in [-0.15, -0.1) is 0 Å². The molecule has 0 saturated carbocycles. The highest BCUT2D eigenvalue weighted by Crippen LogP contribution is 2.25. The molecule has 1 N–H and O–H groups in total. The van der Waals surface area contributed by atoms with Gasteiger partial charge in [0.25, 0.3) is 0 Å². The summed E-state index contributed by atoms with van der Waals surface area (Å²) in [5.41, 5.74) is 0. The Balaban J connectivity index is 1.28. The summed E-state index contributed by atoms with van der Waals surface area (Å²) >= 11 is 0. The normalized spacial score (nSPS) is 18.7. The second-order valence-corrected chi connectivity index (χ2v) is 6.78. The molecular formula is C17H20N6O6. The third-order valence-corrected chi connectivity index (χ3v) is 4.91. The Morgan fingerprint density at radius 1 is 1.31 bits per heavy atom. The Morgan fingerprint density at radius 2 is 2.10 bits per heavy atom. The summed E-state index contributed by atoms with van der Waals surface area (Å²) < 4.78 is 13.0. The number of hydrogen-bond acceptors (Lipinski definition) is 8. The molecule has 0 aromatic carbocycles. The molecule has 0 bridgehead atoms. The summed E-state index contributed by atoms with van der Waals surface area (Å²) in [6, 6.07) is 3.87. The average molecular weight is 404 g/mol. The van der Waals surface area contributed by atoms with Crippen LogP contribution in [0, 0.1) is 10.1 Å². The van der Waals surface area contributed by atoms with Crippen LogP contribution in [-0.2, 0) is 6.54 Å². The minimum Gasteiger partial charge on any atom is -0.488 e. The molecule has 4 rings (SSSR count). The molecule has 0 unspecified atom stereocenters. The van der Waals surface area contributed by atoms with Crippen LogP contribution in [0.3, 0.4) is 0 Å². The van der Waals surface area contributed by atoms with Crippen LogP contribution in [0.15, 0.2) is 24.5 Å². The molecule has 12 heteroatoms. The fourth-order valence-corrected chi connectivity index (χ4v) is 3.30. The number of aromatic nitrogens is 3. The molecule has 2 aliphatic rings. The molecule has 1 atom stereocenters. The first-order chi connectivity index (χ1) is 14.0. The van der Waals surface area contributed by atoms with Crippen molar-refractivity contribution in [1.82, 2.24) is 19.4 Å². The number of ether oxygens (including phenoxy) is 2. The lowest BCUT2D eigenvalue weighted by molar-refractivity contribution is -0.389. The molecule has 2 aliphatic heterocycles. The van der Waals surface area contributed by atoms with Gasteiger partial charge in [-0.1, -0.05) is 0 Å². The van der Waals surface area contributed by atoms with Gasteiger partial charge < -0.3 is 34.5 Å². The third-order valence-electron chi connectivity index (χ3n) is 4.91. The van der Waals surface area contributed by atoms with E-state index in [1.54, 1.807) is 16.8 Å². The Morgan fingerprint density at radius 3 is 2.76 bits per heavy atom. The minimum atomic E-state index is -0.900. The first-order valence-electron chi connectivity index (χ1n) is 9.19. The predicted octanol–water partition coefficient (Wildman–Crippen LogP) is 1.22. The molecule has 154 valence electrons. The molecule has 0 radical (unpaired) electrons. The molecule has 1 fully saturated rings. The van der Waals surface area contributed by atoms with E-state index in [-0.39, 0.29) is 24.5 Å². The van der Waals surface area contributed by atoms with Gasteiger partial charge in [-0.25, -0.2) is 9.78 Å². The monoisotopic (exact) mass is 404 g/mol. The molecule has 2 aromatic rings. The van der Waals surface area contributed by atoms with Crippen molar-refractivity contribution in [2.75, 3.05) is 37.7 Å². The van der Waals surface area contributed by atoms with E-state index in [0.29, 0.717) is 44.9 Å². The number of imidazole rings is 1. The lowest BCUT2D eigenvalue weighted by Crippen LogP contribution is -2.48. The maximum absolute atomic E-state index is 11.0. The quantitative estimate of drug-likeness (QED) is 0.576. The highest BCUT2D eigenvalue weighted by molar-refractivity contribution is 5.65. The standard InChI is InChI=1S/C17H20N6O6/c24-17(25)21-7-5-20(6-8-21)14-2-1-12(9-18-14)28-11-13-3-4-22-10-15(23(26)27)19-16(22)29-13/h1-2,9-10,13H,3-8,11H2,(H,24,25)/t13-/m0/s1. The fourth-order valence-electron chi connectivity index (χ4n) is 3.30. The van der Waals surface area contributed by atoms with Crippen molar-refractivity contribution < 1.29 is 24.3 Å². The highest BCUT2D eigenvalue weighted by atomic mass is 16.6. The summed E-state index contributed by atoms with van der Waals surface area (Å²) in [6.45, 7) is 2.93. The Kier molecular flexibility index (Phi) is 5.06. The smallest absolute Gasteiger partial charge is 0.414 e. The summed E-state index contributed by atoms with van der Waals surface area (Å²) in [4.78, 5) is 32.9. The molecule has 29 heavy (non-hydrogen) atoms. The zero-order valence-corrected chi connectivity index (χ0v) is 15.5. The predicted molar refractivity (Wildman–Crippen MR) is 99.5 cm³/mol. The van der Waals surface area contributed by atoms with Crippen LogP contribution in [0.5, 0.6) is 11.8 Å². The number of carboxylic acid groups (broad SMARTS) is 1. The topological polar surface area (TPSA) is 136 Å². The van der Waals surface area contributed by atoms with Crippen LogP contribution < -0.4 is 14.4 Å². The van der Waals surface area contributed by atoms with E-state index in [2.05, 4.69) is 9.97 Å². The highest BCUT2D eigenvalue weighted by Gasteiger charge is 2.28. The largest absolute Gasteiger partial charge is 0.488 e. The number of hydrogen-bond donors (Lipinski definition) is 1. The van der Waals surface area contributed by atoms with Crippen molar-refractivity contribution >= 4 is 17.7 Å². The van der Waals surface area contributed by atoms with Gasteiger partial charge in [0, 0.05) is 44.1 Å². The minimum absolute atomic E-state index is 0.227. The van der Waals surface area contributed by atoms with Crippen LogP contribution >= 0.6 is 0 Å². The molecule has 1 amide bonds. The van der Waals surface area contributed by atoms with E-state index in [4.69, 9.17) is 14.6 Å². The van der Waals surface area contributed by atoms with Gasteiger partial charge >= 0.3 is 17.9 Å². The van der Waals surface area contributed by atoms with Crippen LogP contribution in [0.2, 0.25) is 0 Å². The van der Waals surface area contributed by atoms with Gasteiger partial charge in [0.1, 0.15) is 30.5 Å². The van der Waals surface area contributed by atoms with E-state index in [1.165, 1.54) is 11.1 Å². The molecular weight excluding hydrogens is 384 g/mol. The number of fused-ring (bicyclic) bond motifs is 1. The Hall–Kier alpha value is -3.57. The van der Waals surface area contributed by atoms with Crippen LogP contribution in [0.25, 0.3) is 0 Å². The van der Waals surface area contributed by atoms with Crippen LogP contribution in [0.4, 0.5) is 16.4 Å². The van der Waals surface area contributed by atoms with Gasteiger partial charge in [0.15, 0.2) is 0 Å². The Labute approximate surface area is 165 Å². The number of rotatable bonds is 5. The SMILES string of the molecule is O=C(O)N1CCN(c2ccc(OC[C@@H]3CCn4cc([N+](=O)[O-])nc4O3)cn2)CC1. The van der Waals surface area contributed by atoms with Crippen LogP contribution in [-0.4, -0.2) is 74.4 Å². The summed E-state index contributed by atoms with van der Waals surface area (Å²) in [5.74, 6) is 1.12. The summed E-state index contributed by atoms with van der Waals surface area (Å²) in [7, 11) is 0. The molecule has 0 spiro atoms. The lowest BCUT2D eigenvalue weighted by Gasteiger charge is -2.33. The number of nitro groups is 1. The molecule has 0 aliphatic carbocycles. The van der Waals surface area contributed by atoms with Crippen molar-refractivity contribution in [2.45, 2.75) is 19.1 Å². The number of aryl methyl sites for hydroxylation is 1. The number of anilines is 1. The number of amides is 1. The van der Waals surface area contributed by atoms with E-state index < -0.39 is 11.0 Å². The maximum Gasteiger partial charge on any atom is 0.414 e. The molecule has 4 heterocycles. The second-order valence-electron chi connectivity index (χ2n) is 6.78. The van der Waals surface area contributed by atoms with Crippen molar-refractivity contribution in [3.8, 4) is 11.8 Å². The third kappa shape index (κ3) is 4.15. The van der Waals surface area contributed by atoms with E-state index in [9.17, 15) is 14.9 Å². The lowest BCUT2D eigenvalue weighted by atomic mass is 10.2. The fraction of sp³-hybridized carbons (Fsp3) is 0.471. The number of piperazine rings is 1. The molecule has 1 saturated heterocycles. The van der Waals surface area contributed by atoms with Crippen molar-refractivity contribution in [1.29, 1.82) is 0 Å². The number of nitrogens with zero attached hydrogens (tertiary/aromatic N) is 6. The second kappa shape index (κ2) is 7.81. The summed E-state index contributed by atoms with van der Waals surface area (Å²) in [6.07, 6.45) is 2.48. The van der Waals surface area contributed by atoms with Crippen molar-refractivity contribution in [2.24, 2.45) is 0 Å². The van der Waals surface area contributed by atoms with Gasteiger partial charge in [0.05, 0.1) is 6.20 Å². The Bertz CT molecular complexity index is 892. The molecule has 12 nitrogen and oxygen atoms in total. The van der Waals surface area contributed by atoms with Crippen molar-refractivity contribution in [3.05, 3.63) is 34.6 Å². The first-order valence-corrected chi connectivity index (χ1v) is 9.19. The maximum atomic E-state index is 11.0. The number of carbonyl (C=O) groups is 1. The van der Waals surface area contributed by atoms with E-state index in [1.807, 2.05) is 11.0 Å². The van der Waals surface area contributed by atoms with Crippen LogP contribution in [0.1, 0.15) is 6.42 Å². The zero-order valence-electron chi connectivity index (χ0n) is 15.5. The average Bonchev–Trinajstić information content (AvgIpc) is 3.16. The molecule has 2 aromatic heterocycles. The van der Waals surface area contributed by atoms with Crippen molar-refractivity contribution in [3.63, 3.8) is 0 Å². The van der Waals surface area contributed by atoms with Gasteiger partial charge in [-0.3, -0.25) is 4.57 Å².